The quantitative estimate of drug-likeness (QED) is 0.786. The molecule has 5 nitrogen and oxygen atoms in total. The van der Waals surface area contributed by atoms with E-state index in [2.05, 4.69) is 10.3 Å². The van der Waals surface area contributed by atoms with Crippen molar-refractivity contribution in [1.29, 1.82) is 0 Å². The summed E-state index contributed by atoms with van der Waals surface area (Å²) in [6.45, 7) is 0. The molecule has 6 heteroatoms. The van der Waals surface area contributed by atoms with Gasteiger partial charge in [-0.1, -0.05) is 0 Å². The van der Waals surface area contributed by atoms with Crippen molar-refractivity contribution in [3.05, 3.63) is 34.3 Å². The molecule has 0 saturated heterocycles. The predicted molar refractivity (Wildman–Crippen MR) is 71.9 cm³/mol. The second-order valence-corrected chi connectivity index (χ2v) is 5.52. The topological polar surface area (TPSA) is 82.5 Å². The molecule has 1 aliphatic rings. The van der Waals surface area contributed by atoms with Gasteiger partial charge in [0.2, 0.25) is 0 Å². The molecule has 19 heavy (non-hydrogen) atoms. The lowest BCUT2D eigenvalue weighted by Gasteiger charge is -2.03. The fourth-order valence-corrected chi connectivity index (χ4v) is 3.18. The number of hydrogen-bond donors (Lipinski definition) is 3. The summed E-state index contributed by atoms with van der Waals surface area (Å²) in [5.74, 6) is -0.683. The third-order valence-corrected chi connectivity index (χ3v) is 4.05. The van der Waals surface area contributed by atoms with Crippen LogP contribution in [0.5, 0.6) is 11.5 Å². The highest BCUT2D eigenvalue weighted by molar-refractivity contribution is 7.15. The standard InChI is InChI=1S/C13H12N2O3S/c16-8-4-7(5-9(17)6-8)12(18)15-13-14-10-2-1-3-11(10)19-13/h4-6,16-17H,1-3H2,(H,14,15,18). The van der Waals surface area contributed by atoms with E-state index in [9.17, 15) is 15.0 Å². The summed E-state index contributed by atoms with van der Waals surface area (Å²) in [5.41, 5.74) is 1.27. The molecule has 1 amide bonds. The molecule has 1 aromatic carbocycles. The van der Waals surface area contributed by atoms with Crippen molar-refractivity contribution in [1.82, 2.24) is 4.98 Å². The number of thiazole rings is 1. The van der Waals surface area contributed by atoms with Crippen molar-refractivity contribution in [2.75, 3.05) is 5.32 Å². The second-order valence-electron chi connectivity index (χ2n) is 4.43. The molecule has 0 saturated carbocycles. The van der Waals surface area contributed by atoms with Gasteiger partial charge in [-0.05, 0) is 31.4 Å². The van der Waals surface area contributed by atoms with Crippen molar-refractivity contribution in [3.63, 3.8) is 0 Å². The van der Waals surface area contributed by atoms with Gasteiger partial charge in [0.05, 0.1) is 5.69 Å². The van der Waals surface area contributed by atoms with Crippen LogP contribution < -0.4 is 5.32 Å². The Morgan fingerprint density at radius 1 is 1.21 bits per heavy atom. The number of aryl methyl sites for hydroxylation is 2. The van der Waals surface area contributed by atoms with Crippen LogP contribution >= 0.6 is 11.3 Å². The molecule has 0 bridgehead atoms. The van der Waals surface area contributed by atoms with Gasteiger partial charge in [-0.2, -0.15) is 0 Å². The average molecular weight is 276 g/mol. The van der Waals surface area contributed by atoms with Gasteiger partial charge in [-0.25, -0.2) is 4.98 Å². The minimum Gasteiger partial charge on any atom is -0.508 e. The van der Waals surface area contributed by atoms with Gasteiger partial charge < -0.3 is 10.2 Å². The Kier molecular flexibility index (Phi) is 2.87. The van der Waals surface area contributed by atoms with E-state index in [1.807, 2.05) is 0 Å². The Morgan fingerprint density at radius 3 is 2.63 bits per heavy atom. The van der Waals surface area contributed by atoms with Crippen LogP contribution in [0.4, 0.5) is 5.13 Å². The Labute approximate surface area is 113 Å². The number of carbonyl (C=O) groups is 1. The zero-order chi connectivity index (χ0) is 13.4. The molecule has 2 aromatic rings. The number of benzene rings is 1. The maximum atomic E-state index is 12.0. The summed E-state index contributed by atoms with van der Waals surface area (Å²) in [4.78, 5) is 17.6. The lowest BCUT2D eigenvalue weighted by atomic mass is 10.2. The predicted octanol–water partition coefficient (Wildman–Crippen LogP) is 2.30. The van der Waals surface area contributed by atoms with Crippen molar-refractivity contribution < 1.29 is 15.0 Å². The first-order valence-electron chi connectivity index (χ1n) is 5.95. The Bertz CT molecular complexity index is 610. The number of carbonyl (C=O) groups excluding carboxylic acids is 1. The molecule has 0 fully saturated rings. The Morgan fingerprint density at radius 2 is 1.95 bits per heavy atom. The summed E-state index contributed by atoms with van der Waals surface area (Å²) in [6.07, 6.45) is 3.12. The number of phenolic OH excluding ortho intramolecular Hbond substituents is 2. The third-order valence-electron chi connectivity index (χ3n) is 2.98. The van der Waals surface area contributed by atoms with Gasteiger partial charge >= 0.3 is 0 Å². The summed E-state index contributed by atoms with van der Waals surface area (Å²) < 4.78 is 0. The first kappa shape index (κ1) is 12.0. The number of nitrogens with zero attached hydrogens (tertiary/aromatic N) is 1. The fraction of sp³-hybridized carbons (Fsp3) is 0.231. The van der Waals surface area contributed by atoms with Crippen molar-refractivity contribution in [3.8, 4) is 11.5 Å². The van der Waals surface area contributed by atoms with Crippen LogP contribution in [0.15, 0.2) is 18.2 Å². The SMILES string of the molecule is O=C(Nc1nc2c(s1)CCC2)c1cc(O)cc(O)c1. The lowest BCUT2D eigenvalue weighted by Crippen LogP contribution is -2.11. The summed E-state index contributed by atoms with van der Waals surface area (Å²) in [7, 11) is 0. The van der Waals surface area contributed by atoms with E-state index in [0.29, 0.717) is 5.13 Å². The van der Waals surface area contributed by atoms with Crippen LogP contribution in [-0.4, -0.2) is 21.1 Å². The van der Waals surface area contributed by atoms with Crippen LogP contribution in [-0.2, 0) is 12.8 Å². The number of anilines is 1. The maximum absolute atomic E-state index is 12.0. The first-order valence-corrected chi connectivity index (χ1v) is 6.76. The van der Waals surface area contributed by atoms with Crippen molar-refractivity contribution >= 4 is 22.4 Å². The smallest absolute Gasteiger partial charge is 0.257 e. The van der Waals surface area contributed by atoms with E-state index < -0.39 is 5.91 Å². The molecule has 0 spiro atoms. The highest BCUT2D eigenvalue weighted by Crippen LogP contribution is 2.31. The number of aromatic nitrogens is 1. The fourth-order valence-electron chi connectivity index (χ4n) is 2.14. The number of amides is 1. The molecule has 3 rings (SSSR count). The van der Waals surface area contributed by atoms with Crippen LogP contribution in [0.1, 0.15) is 27.3 Å². The monoisotopic (exact) mass is 276 g/mol. The molecular weight excluding hydrogens is 264 g/mol. The van der Waals surface area contributed by atoms with Crippen LogP contribution in [0, 0.1) is 0 Å². The number of aromatic hydroxyl groups is 2. The van der Waals surface area contributed by atoms with Gasteiger partial charge in [0.25, 0.3) is 5.91 Å². The zero-order valence-electron chi connectivity index (χ0n) is 10.0. The van der Waals surface area contributed by atoms with Gasteiger partial charge in [0.15, 0.2) is 5.13 Å². The lowest BCUT2D eigenvalue weighted by molar-refractivity contribution is 0.102. The van der Waals surface area contributed by atoms with Crippen molar-refractivity contribution in [2.45, 2.75) is 19.3 Å². The van der Waals surface area contributed by atoms with Crippen LogP contribution in [0.2, 0.25) is 0 Å². The molecule has 0 atom stereocenters. The minimum absolute atomic E-state index is 0.146. The second kappa shape index (κ2) is 4.55. The van der Waals surface area contributed by atoms with E-state index in [4.69, 9.17) is 0 Å². The van der Waals surface area contributed by atoms with E-state index in [0.717, 1.165) is 25.0 Å². The third kappa shape index (κ3) is 2.39. The minimum atomic E-state index is -0.390. The van der Waals surface area contributed by atoms with E-state index >= 15 is 0 Å². The van der Waals surface area contributed by atoms with Gasteiger partial charge in [-0.3, -0.25) is 10.1 Å². The highest BCUT2D eigenvalue weighted by atomic mass is 32.1. The molecule has 1 aliphatic carbocycles. The average Bonchev–Trinajstić information content (AvgIpc) is 2.88. The number of nitrogens with one attached hydrogen (secondary N) is 1. The molecule has 3 N–H and O–H groups in total. The van der Waals surface area contributed by atoms with Gasteiger partial charge in [0, 0.05) is 16.5 Å². The first-order chi connectivity index (χ1) is 9.11. The number of hydrogen-bond acceptors (Lipinski definition) is 5. The number of rotatable bonds is 2. The Hall–Kier alpha value is -2.08. The molecule has 1 heterocycles. The van der Waals surface area contributed by atoms with Crippen molar-refractivity contribution in [2.24, 2.45) is 0 Å². The Balaban J connectivity index is 1.80. The number of fused-ring (bicyclic) bond motifs is 1. The van der Waals surface area contributed by atoms with Gasteiger partial charge in [-0.15, -0.1) is 11.3 Å². The number of phenols is 2. The molecule has 0 radical (unpaired) electrons. The molecular formula is C13H12N2O3S. The normalized spacial score (nSPS) is 13.3. The van der Waals surface area contributed by atoms with E-state index in [-0.39, 0.29) is 17.1 Å². The molecule has 0 aliphatic heterocycles. The van der Waals surface area contributed by atoms with Crippen LogP contribution in [0.3, 0.4) is 0 Å². The van der Waals surface area contributed by atoms with Crippen LogP contribution in [0.25, 0.3) is 0 Å². The zero-order valence-corrected chi connectivity index (χ0v) is 10.8. The molecule has 0 unspecified atom stereocenters. The largest absolute Gasteiger partial charge is 0.508 e. The van der Waals surface area contributed by atoms with E-state index in [1.54, 1.807) is 0 Å². The van der Waals surface area contributed by atoms with Gasteiger partial charge in [0.1, 0.15) is 11.5 Å². The summed E-state index contributed by atoms with van der Waals surface area (Å²) >= 11 is 1.49. The summed E-state index contributed by atoms with van der Waals surface area (Å²) in [5, 5.41) is 22.0. The molecule has 98 valence electrons. The van der Waals surface area contributed by atoms with E-state index in [1.165, 1.54) is 34.4 Å². The highest BCUT2D eigenvalue weighted by Gasteiger charge is 2.18. The molecule has 1 aromatic heterocycles. The summed E-state index contributed by atoms with van der Waals surface area (Å²) in [6, 6.07) is 3.78. The maximum Gasteiger partial charge on any atom is 0.257 e.